The summed E-state index contributed by atoms with van der Waals surface area (Å²) in [5.41, 5.74) is 4.01. The van der Waals surface area contributed by atoms with E-state index in [0.29, 0.717) is 14.8 Å². The van der Waals surface area contributed by atoms with Crippen molar-refractivity contribution in [3.63, 3.8) is 0 Å². The third kappa shape index (κ3) is 6.85. The minimum atomic E-state index is -0.167. The maximum absolute atomic E-state index is 12.2. The van der Waals surface area contributed by atoms with Crippen molar-refractivity contribution in [2.24, 2.45) is 0 Å². The fraction of sp³-hybridized carbons (Fsp3) is 0.182. The number of thioether (sulfide) groups is 2. The van der Waals surface area contributed by atoms with Crippen LogP contribution in [-0.4, -0.2) is 27.7 Å². The summed E-state index contributed by atoms with van der Waals surface area (Å²) in [5, 5.41) is 15.7. The third-order valence-corrected chi connectivity index (χ3v) is 7.20. The number of carbonyl (C=O) groups excluding carboxylic acids is 2. The molecule has 0 unspecified atom stereocenters. The second-order valence-electron chi connectivity index (χ2n) is 6.67. The number of amides is 2. The van der Waals surface area contributed by atoms with Gasteiger partial charge >= 0.3 is 0 Å². The molecule has 1 aromatic heterocycles. The van der Waals surface area contributed by atoms with Crippen LogP contribution >= 0.6 is 35.1 Å². The lowest BCUT2D eigenvalue weighted by Gasteiger charge is -2.06. The van der Waals surface area contributed by atoms with Crippen molar-refractivity contribution >= 4 is 58.2 Å². The minimum absolute atomic E-state index is 0.143. The first-order valence-electron chi connectivity index (χ1n) is 9.33. The fourth-order valence-corrected chi connectivity index (χ4v) is 5.35. The van der Waals surface area contributed by atoms with E-state index in [1.54, 1.807) is 0 Å². The van der Waals surface area contributed by atoms with Crippen LogP contribution in [0.15, 0.2) is 57.8 Å². The van der Waals surface area contributed by atoms with E-state index in [-0.39, 0.29) is 23.3 Å². The molecule has 9 heteroatoms. The summed E-state index contributed by atoms with van der Waals surface area (Å²) in [6.07, 6.45) is 0. The molecule has 2 N–H and O–H groups in total. The van der Waals surface area contributed by atoms with Gasteiger partial charge in [-0.25, -0.2) is 0 Å². The first kappa shape index (κ1) is 22.9. The highest BCUT2D eigenvalue weighted by atomic mass is 32.2. The second-order valence-corrected chi connectivity index (χ2v) is 9.66. The molecule has 0 spiro atoms. The van der Waals surface area contributed by atoms with Gasteiger partial charge in [0.1, 0.15) is 20.9 Å². The molecule has 6 nitrogen and oxygen atoms in total. The molecule has 158 valence electrons. The number of hydrogen-bond donors (Lipinski definition) is 2. The number of nitriles is 1. The third-order valence-electron chi connectivity index (χ3n) is 4.02. The monoisotopic (exact) mass is 468 g/mol. The Bertz CT molecular complexity index is 1060. The van der Waals surface area contributed by atoms with Gasteiger partial charge in [0.05, 0.1) is 11.5 Å². The smallest absolute Gasteiger partial charge is 0.234 e. The number of benzene rings is 2. The predicted molar refractivity (Wildman–Crippen MR) is 128 cm³/mol. The SMILES string of the molecule is Cc1cccc(NC(=O)CSc2nsc(SCC(=O)Nc3cccc(C)c3)c2C#N)c1. The number of aromatic nitrogens is 1. The van der Waals surface area contributed by atoms with Crippen LogP contribution in [0.5, 0.6) is 0 Å². The molecule has 31 heavy (non-hydrogen) atoms. The summed E-state index contributed by atoms with van der Waals surface area (Å²) in [6.45, 7) is 3.92. The maximum atomic E-state index is 12.2. The van der Waals surface area contributed by atoms with E-state index in [1.165, 1.54) is 35.1 Å². The average molecular weight is 469 g/mol. The highest BCUT2D eigenvalue weighted by molar-refractivity contribution is 8.02. The Morgan fingerprint density at radius 3 is 2.03 bits per heavy atom. The van der Waals surface area contributed by atoms with Crippen LogP contribution in [-0.2, 0) is 9.59 Å². The van der Waals surface area contributed by atoms with E-state index in [4.69, 9.17) is 0 Å². The molecule has 0 fully saturated rings. The Kier molecular flexibility index (Phi) is 8.12. The molecule has 0 aliphatic heterocycles. The van der Waals surface area contributed by atoms with Crippen LogP contribution in [0.4, 0.5) is 11.4 Å². The van der Waals surface area contributed by atoms with Gasteiger partial charge in [-0.3, -0.25) is 9.59 Å². The van der Waals surface area contributed by atoms with Crippen LogP contribution < -0.4 is 10.6 Å². The summed E-state index contributed by atoms with van der Waals surface area (Å²) >= 11 is 3.65. The molecule has 2 amide bonds. The summed E-state index contributed by atoms with van der Waals surface area (Å²) in [5.74, 6) is -0.00794. The maximum Gasteiger partial charge on any atom is 0.234 e. The molecule has 0 aliphatic carbocycles. The summed E-state index contributed by atoms with van der Waals surface area (Å²) < 4.78 is 4.97. The number of rotatable bonds is 8. The quantitative estimate of drug-likeness (QED) is 0.447. The molecule has 0 aliphatic rings. The molecule has 0 bridgehead atoms. The van der Waals surface area contributed by atoms with Crippen LogP contribution in [0.25, 0.3) is 0 Å². The molecule has 0 atom stereocenters. The van der Waals surface area contributed by atoms with E-state index < -0.39 is 0 Å². The van der Waals surface area contributed by atoms with E-state index in [0.717, 1.165) is 22.5 Å². The van der Waals surface area contributed by atoms with Crippen molar-refractivity contribution in [1.82, 2.24) is 4.37 Å². The molecule has 0 saturated heterocycles. The number of nitrogens with zero attached hydrogens (tertiary/aromatic N) is 2. The van der Waals surface area contributed by atoms with Gasteiger partial charge in [0, 0.05) is 11.4 Å². The molecule has 3 rings (SSSR count). The zero-order valence-electron chi connectivity index (χ0n) is 17.0. The first-order chi connectivity index (χ1) is 14.9. The van der Waals surface area contributed by atoms with Gasteiger partial charge in [0.15, 0.2) is 0 Å². The molecule has 2 aromatic carbocycles. The highest BCUT2D eigenvalue weighted by Crippen LogP contribution is 2.34. The number of nitrogens with one attached hydrogen (secondary N) is 2. The fourth-order valence-electron chi connectivity index (χ4n) is 2.66. The summed E-state index contributed by atoms with van der Waals surface area (Å²) in [6, 6.07) is 17.3. The predicted octanol–water partition coefficient (Wildman–Crippen LogP) is 5.09. The lowest BCUT2D eigenvalue weighted by atomic mass is 10.2. The average Bonchev–Trinajstić information content (AvgIpc) is 3.12. The van der Waals surface area contributed by atoms with Gasteiger partial charge in [-0.15, -0.1) is 11.8 Å². The molecule has 1 heterocycles. The van der Waals surface area contributed by atoms with Gasteiger partial charge in [-0.1, -0.05) is 36.0 Å². The lowest BCUT2D eigenvalue weighted by Crippen LogP contribution is -2.14. The van der Waals surface area contributed by atoms with Crippen LogP contribution in [0.3, 0.4) is 0 Å². The van der Waals surface area contributed by atoms with Gasteiger partial charge in [-0.05, 0) is 60.8 Å². The lowest BCUT2D eigenvalue weighted by molar-refractivity contribution is -0.114. The van der Waals surface area contributed by atoms with Crippen molar-refractivity contribution in [2.45, 2.75) is 23.1 Å². The number of aryl methyl sites for hydroxylation is 2. The Morgan fingerprint density at radius 2 is 1.52 bits per heavy atom. The van der Waals surface area contributed by atoms with Crippen molar-refractivity contribution in [2.75, 3.05) is 22.1 Å². The molecular formula is C22H20N4O2S3. The Hall–Kier alpha value is -2.80. The largest absolute Gasteiger partial charge is 0.325 e. The minimum Gasteiger partial charge on any atom is -0.325 e. The number of hydrogen-bond acceptors (Lipinski definition) is 7. The van der Waals surface area contributed by atoms with Crippen molar-refractivity contribution in [1.29, 1.82) is 5.26 Å². The van der Waals surface area contributed by atoms with Crippen LogP contribution in [0.2, 0.25) is 0 Å². The summed E-state index contributed by atoms with van der Waals surface area (Å²) in [7, 11) is 0. The molecule has 3 aromatic rings. The van der Waals surface area contributed by atoms with E-state index in [2.05, 4.69) is 21.1 Å². The van der Waals surface area contributed by atoms with E-state index in [1.807, 2.05) is 62.4 Å². The van der Waals surface area contributed by atoms with Gasteiger partial charge in [0.2, 0.25) is 11.8 Å². The Balaban J connectivity index is 1.53. The van der Waals surface area contributed by atoms with Gasteiger partial charge in [-0.2, -0.15) is 9.64 Å². The van der Waals surface area contributed by atoms with Gasteiger partial charge < -0.3 is 10.6 Å². The second kappa shape index (κ2) is 11.0. The molecule has 0 saturated carbocycles. The standard InChI is InChI=1S/C22H20N4O2S3/c1-14-5-3-7-16(9-14)24-19(27)12-29-21-18(11-23)22(31-26-21)30-13-20(28)25-17-8-4-6-15(2)10-17/h3-10H,12-13H2,1-2H3,(H,24,27)(H,25,28). The molecular weight excluding hydrogens is 448 g/mol. The number of anilines is 2. The van der Waals surface area contributed by atoms with Crippen LogP contribution in [0.1, 0.15) is 16.7 Å². The Labute approximate surface area is 193 Å². The zero-order chi connectivity index (χ0) is 22.2. The van der Waals surface area contributed by atoms with Crippen LogP contribution in [0, 0.1) is 25.2 Å². The Morgan fingerprint density at radius 1 is 0.968 bits per heavy atom. The van der Waals surface area contributed by atoms with Gasteiger partial charge in [0.25, 0.3) is 0 Å². The molecule has 0 radical (unpaired) electrons. The van der Waals surface area contributed by atoms with Crippen molar-refractivity contribution in [3.8, 4) is 6.07 Å². The van der Waals surface area contributed by atoms with Crippen molar-refractivity contribution < 1.29 is 9.59 Å². The summed E-state index contributed by atoms with van der Waals surface area (Å²) in [4.78, 5) is 24.4. The highest BCUT2D eigenvalue weighted by Gasteiger charge is 2.17. The number of carbonyl (C=O) groups is 2. The van der Waals surface area contributed by atoms with E-state index in [9.17, 15) is 14.9 Å². The normalized spacial score (nSPS) is 10.4. The van der Waals surface area contributed by atoms with E-state index >= 15 is 0 Å². The topological polar surface area (TPSA) is 94.9 Å². The first-order valence-corrected chi connectivity index (χ1v) is 12.1. The zero-order valence-corrected chi connectivity index (χ0v) is 19.4. The van der Waals surface area contributed by atoms with Crippen molar-refractivity contribution in [3.05, 3.63) is 65.2 Å².